The second-order valence-corrected chi connectivity index (χ2v) is 8.10. The van der Waals surface area contributed by atoms with Gasteiger partial charge in [-0.15, -0.1) is 0 Å². The number of sulfonamides is 1. The van der Waals surface area contributed by atoms with Crippen LogP contribution in [0.4, 0.5) is 0 Å². The summed E-state index contributed by atoms with van der Waals surface area (Å²) in [5.74, 6) is 0.247. The van der Waals surface area contributed by atoms with Crippen molar-refractivity contribution in [3.63, 3.8) is 0 Å². The molecule has 0 radical (unpaired) electrons. The van der Waals surface area contributed by atoms with Crippen LogP contribution in [0.1, 0.15) is 30.9 Å². The minimum Gasteiger partial charge on any atom is -0.389 e. The molecule has 0 aliphatic carbocycles. The lowest BCUT2D eigenvalue weighted by molar-refractivity contribution is 0.0576. The number of nitrogens with zero attached hydrogens (tertiary/aromatic N) is 2. The molecule has 0 aliphatic heterocycles. The van der Waals surface area contributed by atoms with Crippen LogP contribution in [0.3, 0.4) is 0 Å². The summed E-state index contributed by atoms with van der Waals surface area (Å²) < 4.78 is 32.3. The van der Waals surface area contributed by atoms with Crippen molar-refractivity contribution in [3.05, 3.63) is 47.3 Å². The molecule has 0 atom stereocenters. The van der Waals surface area contributed by atoms with E-state index in [0.717, 1.165) is 5.56 Å². The average Bonchev–Trinajstić information content (AvgIpc) is 2.77. The maximum atomic E-state index is 13.0. The first-order valence-electron chi connectivity index (χ1n) is 7.30. The number of aliphatic hydroxyl groups is 1. The molecule has 0 aliphatic rings. The Labute approximate surface area is 136 Å². The Morgan fingerprint density at radius 1 is 1.22 bits per heavy atom. The predicted molar refractivity (Wildman–Crippen MR) is 86.3 cm³/mol. The van der Waals surface area contributed by atoms with Crippen molar-refractivity contribution in [2.45, 2.75) is 44.7 Å². The van der Waals surface area contributed by atoms with Gasteiger partial charge in [-0.3, -0.25) is 0 Å². The van der Waals surface area contributed by atoms with Crippen LogP contribution in [-0.4, -0.2) is 35.1 Å². The monoisotopic (exact) mass is 338 g/mol. The van der Waals surface area contributed by atoms with Gasteiger partial charge in [0.2, 0.25) is 10.0 Å². The highest BCUT2D eigenvalue weighted by Gasteiger charge is 2.34. The van der Waals surface area contributed by atoms with E-state index in [0.29, 0.717) is 5.69 Å². The zero-order valence-electron chi connectivity index (χ0n) is 13.8. The molecule has 1 N–H and O–H groups in total. The topological polar surface area (TPSA) is 83.6 Å². The van der Waals surface area contributed by atoms with Gasteiger partial charge in [-0.1, -0.05) is 35.5 Å². The third kappa shape index (κ3) is 4.19. The molecule has 0 saturated heterocycles. The Kier molecular flexibility index (Phi) is 4.93. The van der Waals surface area contributed by atoms with Gasteiger partial charge in [0.1, 0.15) is 10.6 Å². The Morgan fingerprint density at radius 2 is 1.83 bits per heavy atom. The van der Waals surface area contributed by atoms with Crippen molar-refractivity contribution in [2.75, 3.05) is 6.54 Å². The van der Waals surface area contributed by atoms with Gasteiger partial charge in [0.15, 0.2) is 5.76 Å². The van der Waals surface area contributed by atoms with Crippen LogP contribution < -0.4 is 0 Å². The van der Waals surface area contributed by atoms with E-state index >= 15 is 0 Å². The van der Waals surface area contributed by atoms with Crippen LogP contribution >= 0.6 is 0 Å². The molecule has 1 aromatic heterocycles. The molecule has 1 heterocycles. The normalized spacial score (nSPS) is 12.8. The molecular formula is C16H22N2O4S. The number of aryl methyl sites for hydroxylation is 2. The van der Waals surface area contributed by atoms with Gasteiger partial charge in [0, 0.05) is 13.1 Å². The fraction of sp³-hybridized carbons (Fsp3) is 0.438. The molecule has 6 nitrogen and oxygen atoms in total. The lowest BCUT2D eigenvalue weighted by Crippen LogP contribution is -2.42. The van der Waals surface area contributed by atoms with Crippen LogP contribution in [0.2, 0.25) is 0 Å². The van der Waals surface area contributed by atoms with Gasteiger partial charge >= 0.3 is 0 Å². The highest BCUT2D eigenvalue weighted by Crippen LogP contribution is 2.26. The highest BCUT2D eigenvalue weighted by atomic mass is 32.2. The third-order valence-corrected chi connectivity index (χ3v) is 5.37. The molecule has 2 aromatic rings. The summed E-state index contributed by atoms with van der Waals surface area (Å²) in [5.41, 5.74) is -0.00993. The molecule has 7 heteroatoms. The fourth-order valence-corrected chi connectivity index (χ4v) is 4.29. The van der Waals surface area contributed by atoms with Crippen LogP contribution in [0.5, 0.6) is 0 Å². The van der Waals surface area contributed by atoms with Crippen molar-refractivity contribution >= 4 is 10.0 Å². The van der Waals surface area contributed by atoms with Gasteiger partial charge in [-0.25, -0.2) is 8.42 Å². The van der Waals surface area contributed by atoms with Gasteiger partial charge < -0.3 is 9.63 Å². The first-order valence-corrected chi connectivity index (χ1v) is 8.74. The molecule has 126 valence electrons. The van der Waals surface area contributed by atoms with Crippen LogP contribution in [0.15, 0.2) is 39.8 Å². The molecule has 23 heavy (non-hydrogen) atoms. The van der Waals surface area contributed by atoms with E-state index in [-0.39, 0.29) is 23.7 Å². The van der Waals surface area contributed by atoms with E-state index in [9.17, 15) is 13.5 Å². The van der Waals surface area contributed by atoms with E-state index in [4.69, 9.17) is 4.52 Å². The summed E-state index contributed by atoms with van der Waals surface area (Å²) in [5, 5.41) is 13.8. The smallest absolute Gasteiger partial charge is 0.248 e. The third-order valence-electron chi connectivity index (χ3n) is 3.33. The molecule has 0 fully saturated rings. The number of rotatable bonds is 6. The van der Waals surface area contributed by atoms with E-state index in [2.05, 4.69) is 5.16 Å². The lowest BCUT2D eigenvalue weighted by atomic mass is 10.1. The van der Waals surface area contributed by atoms with Crippen LogP contribution in [0.25, 0.3) is 0 Å². The summed E-state index contributed by atoms with van der Waals surface area (Å²) in [4.78, 5) is 0.0673. The van der Waals surface area contributed by atoms with E-state index in [1.54, 1.807) is 27.7 Å². The average molecular weight is 338 g/mol. The molecule has 0 spiro atoms. The maximum Gasteiger partial charge on any atom is 0.248 e. The fourth-order valence-electron chi connectivity index (χ4n) is 2.42. The van der Waals surface area contributed by atoms with Gasteiger partial charge in [-0.2, -0.15) is 4.31 Å². The van der Waals surface area contributed by atoms with Gasteiger partial charge in [-0.05, 0) is 33.3 Å². The zero-order valence-corrected chi connectivity index (χ0v) is 14.6. The van der Waals surface area contributed by atoms with Crippen molar-refractivity contribution in [2.24, 2.45) is 0 Å². The maximum absolute atomic E-state index is 13.0. The Morgan fingerprint density at radius 3 is 2.30 bits per heavy atom. The van der Waals surface area contributed by atoms with Crippen molar-refractivity contribution in [3.8, 4) is 0 Å². The SMILES string of the molecule is Cc1noc(C)c1S(=O)(=O)N(Cc1ccccc1)CC(C)(C)O. The summed E-state index contributed by atoms with van der Waals surface area (Å²) in [6, 6.07) is 9.26. The second-order valence-electron chi connectivity index (χ2n) is 6.22. The summed E-state index contributed by atoms with van der Waals surface area (Å²) in [6.07, 6.45) is 0. The molecule has 0 unspecified atom stereocenters. The van der Waals surface area contributed by atoms with Crippen molar-refractivity contribution in [1.29, 1.82) is 0 Å². The van der Waals surface area contributed by atoms with Crippen LogP contribution in [-0.2, 0) is 16.6 Å². The van der Waals surface area contributed by atoms with Crippen molar-refractivity contribution < 1.29 is 18.0 Å². The second kappa shape index (κ2) is 6.43. The molecule has 0 saturated carbocycles. The van der Waals surface area contributed by atoms with E-state index in [1.807, 2.05) is 30.3 Å². The minimum absolute atomic E-state index is 0.0334. The minimum atomic E-state index is -3.83. The molecule has 2 rings (SSSR count). The van der Waals surface area contributed by atoms with Gasteiger partial charge in [0.25, 0.3) is 0 Å². The molecule has 1 aromatic carbocycles. The van der Waals surface area contributed by atoms with Crippen molar-refractivity contribution in [1.82, 2.24) is 9.46 Å². The largest absolute Gasteiger partial charge is 0.389 e. The molecule has 0 bridgehead atoms. The molecule has 0 amide bonds. The predicted octanol–water partition coefficient (Wildman–Crippen LogP) is 2.25. The number of hydrogen-bond donors (Lipinski definition) is 1. The number of benzene rings is 1. The number of hydrogen-bond acceptors (Lipinski definition) is 5. The lowest BCUT2D eigenvalue weighted by Gasteiger charge is -2.28. The summed E-state index contributed by atoms with van der Waals surface area (Å²) in [7, 11) is -3.83. The molecular weight excluding hydrogens is 316 g/mol. The first-order chi connectivity index (χ1) is 10.6. The summed E-state index contributed by atoms with van der Waals surface area (Å²) in [6.45, 7) is 6.44. The van der Waals surface area contributed by atoms with E-state index < -0.39 is 15.6 Å². The first kappa shape index (κ1) is 17.7. The Balaban J connectivity index is 2.44. The van der Waals surface area contributed by atoms with Gasteiger partial charge in [0.05, 0.1) is 5.60 Å². The van der Waals surface area contributed by atoms with Crippen LogP contribution in [0, 0.1) is 13.8 Å². The van der Waals surface area contributed by atoms with E-state index in [1.165, 1.54) is 4.31 Å². The number of aromatic nitrogens is 1. The summed E-state index contributed by atoms with van der Waals surface area (Å²) >= 11 is 0. The standard InChI is InChI=1S/C16H22N2O4S/c1-12-15(13(2)22-17-12)23(20,21)18(11-16(3,4)19)10-14-8-6-5-7-9-14/h5-9,19H,10-11H2,1-4H3. The zero-order chi connectivity index (χ0) is 17.3. The highest BCUT2D eigenvalue weighted by molar-refractivity contribution is 7.89. The quantitative estimate of drug-likeness (QED) is 0.873. The Hall–Kier alpha value is -1.70. The Bertz CT molecular complexity index is 742.